The van der Waals surface area contributed by atoms with Crippen molar-refractivity contribution in [2.24, 2.45) is 23.6 Å². The van der Waals surface area contributed by atoms with Crippen LogP contribution in [0.15, 0.2) is 0 Å². The summed E-state index contributed by atoms with van der Waals surface area (Å²) < 4.78 is 5.69. The molecule has 1 aliphatic carbocycles. The van der Waals surface area contributed by atoms with Crippen LogP contribution >= 0.6 is 0 Å². The maximum atomic E-state index is 5.79. The van der Waals surface area contributed by atoms with Gasteiger partial charge in [-0.05, 0) is 38.0 Å². The van der Waals surface area contributed by atoms with Crippen LogP contribution in [0.4, 0.5) is 0 Å². The van der Waals surface area contributed by atoms with Crippen molar-refractivity contribution >= 4 is 0 Å². The lowest BCUT2D eigenvalue weighted by atomic mass is 9.74. The van der Waals surface area contributed by atoms with E-state index in [0.29, 0.717) is 18.1 Å². The van der Waals surface area contributed by atoms with E-state index in [9.17, 15) is 0 Å². The van der Waals surface area contributed by atoms with Crippen LogP contribution in [0.3, 0.4) is 0 Å². The van der Waals surface area contributed by atoms with Crippen molar-refractivity contribution < 1.29 is 4.74 Å². The quantitative estimate of drug-likeness (QED) is 0.586. The van der Waals surface area contributed by atoms with Crippen molar-refractivity contribution in [3.05, 3.63) is 0 Å². The van der Waals surface area contributed by atoms with Gasteiger partial charge in [-0.2, -0.15) is 0 Å². The molecule has 3 N–H and O–H groups in total. The van der Waals surface area contributed by atoms with E-state index in [-0.39, 0.29) is 0 Å². The smallest absolute Gasteiger partial charge is 0.0551 e. The first-order chi connectivity index (χ1) is 8.24. The standard InChI is InChI=1S/C14H28N2O/c1-3-11-4-6-12(7-5-11)14(16-15)13-8-10(2)17-9-13/h10-14,16H,3-9,15H2,1-2H3. The van der Waals surface area contributed by atoms with Crippen molar-refractivity contribution in [3.63, 3.8) is 0 Å². The molecule has 2 aliphatic rings. The minimum atomic E-state index is 0.419. The van der Waals surface area contributed by atoms with Gasteiger partial charge >= 0.3 is 0 Å². The Hall–Kier alpha value is -0.120. The van der Waals surface area contributed by atoms with Crippen LogP contribution in [0.1, 0.15) is 52.4 Å². The van der Waals surface area contributed by atoms with Gasteiger partial charge in [0.05, 0.1) is 12.7 Å². The molecule has 1 aliphatic heterocycles. The summed E-state index contributed by atoms with van der Waals surface area (Å²) >= 11 is 0. The SMILES string of the molecule is CCC1CCC(C(NN)C2COC(C)C2)CC1. The lowest BCUT2D eigenvalue weighted by Gasteiger charge is -2.35. The van der Waals surface area contributed by atoms with E-state index in [0.717, 1.165) is 18.4 Å². The highest BCUT2D eigenvalue weighted by atomic mass is 16.5. The molecule has 1 saturated carbocycles. The number of rotatable bonds is 4. The Bertz CT molecular complexity index is 226. The molecule has 1 saturated heterocycles. The fourth-order valence-corrected chi connectivity index (χ4v) is 3.71. The normalized spacial score (nSPS) is 40.4. The highest BCUT2D eigenvalue weighted by molar-refractivity contribution is 4.88. The summed E-state index contributed by atoms with van der Waals surface area (Å²) in [5.41, 5.74) is 3.09. The summed E-state index contributed by atoms with van der Waals surface area (Å²) in [6.07, 6.45) is 8.41. The minimum absolute atomic E-state index is 0.419. The van der Waals surface area contributed by atoms with Gasteiger partial charge in [-0.15, -0.1) is 0 Å². The second kappa shape index (κ2) is 6.17. The van der Waals surface area contributed by atoms with Gasteiger partial charge in [-0.1, -0.05) is 26.2 Å². The van der Waals surface area contributed by atoms with E-state index in [1.807, 2.05) is 0 Å². The largest absolute Gasteiger partial charge is 0.378 e. The molecule has 0 radical (unpaired) electrons. The van der Waals surface area contributed by atoms with E-state index in [4.69, 9.17) is 10.6 Å². The summed E-state index contributed by atoms with van der Waals surface area (Å²) in [6, 6.07) is 0.470. The molecule has 1 heterocycles. The molecule has 3 atom stereocenters. The van der Waals surface area contributed by atoms with Crippen LogP contribution in [-0.2, 0) is 4.74 Å². The molecule has 0 aromatic carbocycles. The maximum Gasteiger partial charge on any atom is 0.0551 e. The van der Waals surface area contributed by atoms with Crippen molar-refractivity contribution in [3.8, 4) is 0 Å². The number of nitrogens with one attached hydrogen (secondary N) is 1. The summed E-state index contributed by atoms with van der Waals surface area (Å²) in [5.74, 6) is 8.14. The zero-order chi connectivity index (χ0) is 12.3. The first-order valence-corrected chi connectivity index (χ1v) is 7.32. The van der Waals surface area contributed by atoms with E-state index in [1.165, 1.54) is 38.5 Å². The molecule has 2 rings (SSSR count). The Morgan fingerprint density at radius 3 is 2.41 bits per heavy atom. The van der Waals surface area contributed by atoms with Gasteiger partial charge in [-0.25, -0.2) is 0 Å². The Kier molecular flexibility index (Phi) is 4.83. The minimum Gasteiger partial charge on any atom is -0.378 e. The highest BCUT2D eigenvalue weighted by Gasteiger charge is 2.35. The molecule has 3 unspecified atom stereocenters. The number of hydrogen-bond acceptors (Lipinski definition) is 3. The third-order valence-corrected chi connectivity index (χ3v) is 4.91. The Labute approximate surface area is 105 Å². The molecule has 17 heavy (non-hydrogen) atoms. The fourth-order valence-electron chi connectivity index (χ4n) is 3.71. The molecule has 0 spiro atoms. The van der Waals surface area contributed by atoms with E-state index in [1.54, 1.807) is 0 Å². The van der Waals surface area contributed by atoms with Crippen LogP contribution in [0.5, 0.6) is 0 Å². The van der Waals surface area contributed by atoms with Crippen molar-refractivity contribution in [2.75, 3.05) is 6.61 Å². The summed E-state index contributed by atoms with van der Waals surface area (Å²) in [5, 5.41) is 0. The average Bonchev–Trinajstić information content (AvgIpc) is 2.78. The third-order valence-electron chi connectivity index (χ3n) is 4.91. The molecule has 3 heteroatoms. The fraction of sp³-hybridized carbons (Fsp3) is 1.00. The van der Waals surface area contributed by atoms with E-state index in [2.05, 4.69) is 19.3 Å². The first kappa shape index (κ1) is 13.3. The summed E-state index contributed by atoms with van der Waals surface area (Å²) in [6.45, 7) is 5.38. The van der Waals surface area contributed by atoms with Gasteiger partial charge in [0.25, 0.3) is 0 Å². The van der Waals surface area contributed by atoms with Crippen molar-refractivity contribution in [1.29, 1.82) is 0 Å². The maximum absolute atomic E-state index is 5.79. The number of hydrazine groups is 1. The molecular formula is C14H28N2O. The zero-order valence-corrected chi connectivity index (χ0v) is 11.3. The monoisotopic (exact) mass is 240 g/mol. The predicted molar refractivity (Wildman–Crippen MR) is 70.4 cm³/mol. The number of nitrogens with two attached hydrogens (primary N) is 1. The topological polar surface area (TPSA) is 47.3 Å². The number of hydrogen-bond donors (Lipinski definition) is 2. The first-order valence-electron chi connectivity index (χ1n) is 7.32. The third kappa shape index (κ3) is 3.21. The molecular weight excluding hydrogens is 212 g/mol. The number of ether oxygens (including phenoxy) is 1. The molecule has 0 bridgehead atoms. The lowest BCUT2D eigenvalue weighted by molar-refractivity contribution is 0.108. The molecule has 0 aromatic rings. The molecule has 0 amide bonds. The summed E-state index contributed by atoms with van der Waals surface area (Å²) in [7, 11) is 0. The highest BCUT2D eigenvalue weighted by Crippen LogP contribution is 2.36. The van der Waals surface area contributed by atoms with Gasteiger partial charge in [0, 0.05) is 12.0 Å². The molecule has 2 fully saturated rings. The van der Waals surface area contributed by atoms with Gasteiger partial charge in [0.1, 0.15) is 0 Å². The zero-order valence-electron chi connectivity index (χ0n) is 11.3. The van der Waals surface area contributed by atoms with Crippen LogP contribution in [0.25, 0.3) is 0 Å². The van der Waals surface area contributed by atoms with Crippen molar-refractivity contribution in [2.45, 2.75) is 64.5 Å². The van der Waals surface area contributed by atoms with Crippen molar-refractivity contribution in [1.82, 2.24) is 5.43 Å². The molecule has 100 valence electrons. The van der Waals surface area contributed by atoms with Crippen LogP contribution in [0, 0.1) is 17.8 Å². The Morgan fingerprint density at radius 1 is 1.24 bits per heavy atom. The molecule has 3 nitrogen and oxygen atoms in total. The van der Waals surface area contributed by atoms with Gasteiger partial charge in [0.15, 0.2) is 0 Å². The van der Waals surface area contributed by atoms with Gasteiger partial charge in [0.2, 0.25) is 0 Å². The average molecular weight is 240 g/mol. The van der Waals surface area contributed by atoms with Gasteiger partial charge < -0.3 is 4.74 Å². The Balaban J connectivity index is 1.86. The van der Waals surface area contributed by atoms with Crippen LogP contribution in [0.2, 0.25) is 0 Å². The second-order valence-corrected chi connectivity index (χ2v) is 6.02. The van der Waals surface area contributed by atoms with E-state index >= 15 is 0 Å². The molecule has 0 aromatic heterocycles. The predicted octanol–water partition coefficient (Wildman–Crippen LogP) is 2.46. The lowest BCUT2D eigenvalue weighted by Crippen LogP contribution is -2.47. The van der Waals surface area contributed by atoms with Crippen LogP contribution in [-0.4, -0.2) is 18.8 Å². The van der Waals surface area contributed by atoms with Crippen LogP contribution < -0.4 is 11.3 Å². The van der Waals surface area contributed by atoms with E-state index < -0.39 is 0 Å². The summed E-state index contributed by atoms with van der Waals surface area (Å²) in [4.78, 5) is 0. The van der Waals surface area contributed by atoms with Gasteiger partial charge in [-0.3, -0.25) is 11.3 Å². The Morgan fingerprint density at radius 2 is 1.94 bits per heavy atom. The second-order valence-electron chi connectivity index (χ2n) is 6.02.